The third-order valence-corrected chi connectivity index (χ3v) is 3.14. The van der Waals surface area contributed by atoms with Crippen molar-refractivity contribution in [1.29, 1.82) is 0 Å². The van der Waals surface area contributed by atoms with Crippen molar-refractivity contribution in [2.24, 2.45) is 5.73 Å². The van der Waals surface area contributed by atoms with Crippen LogP contribution in [0.4, 0.5) is 5.69 Å². The van der Waals surface area contributed by atoms with E-state index in [-0.39, 0.29) is 12.2 Å². The smallest absolute Gasteiger partial charge is 0.218 e. The summed E-state index contributed by atoms with van der Waals surface area (Å²) in [7, 11) is -1.24. The fourth-order valence-corrected chi connectivity index (χ4v) is 2.16. The van der Waals surface area contributed by atoms with Crippen LogP contribution in [0.2, 0.25) is 0 Å². The number of nitrogen functional groups attached to an aromatic ring is 1. The van der Waals surface area contributed by atoms with Gasteiger partial charge in [-0.15, -0.1) is 0 Å². The molecule has 0 fully saturated rings. The number of anilines is 1. The van der Waals surface area contributed by atoms with Crippen LogP contribution in [-0.4, -0.2) is 15.9 Å². The molecule has 0 aliphatic rings. The Bertz CT molecular complexity index is 366. The maximum absolute atomic E-state index is 11.6. The molecule has 4 nitrogen and oxygen atoms in total. The van der Waals surface area contributed by atoms with Gasteiger partial charge in [-0.05, 0) is 12.1 Å². The van der Waals surface area contributed by atoms with E-state index in [4.69, 9.17) is 11.5 Å². The van der Waals surface area contributed by atoms with E-state index in [0.29, 0.717) is 10.6 Å². The van der Waals surface area contributed by atoms with Gasteiger partial charge in [0.2, 0.25) is 5.91 Å². The monoisotopic (exact) mass is 212 g/mol. The van der Waals surface area contributed by atoms with Crippen LogP contribution in [0.3, 0.4) is 0 Å². The second-order valence-electron chi connectivity index (χ2n) is 2.80. The van der Waals surface area contributed by atoms with Crippen LogP contribution >= 0.6 is 0 Å². The molecule has 1 aromatic rings. The lowest BCUT2D eigenvalue weighted by Crippen LogP contribution is -2.14. The Labute approximate surface area is 84.7 Å². The molecule has 0 aliphatic heterocycles. The van der Waals surface area contributed by atoms with Crippen molar-refractivity contribution in [2.75, 3.05) is 11.5 Å². The SMILES string of the molecule is NC(=O)CCS(=O)c1ccccc1N. The number of carbonyl (C=O) groups is 1. The first-order valence-electron chi connectivity index (χ1n) is 4.12. The first-order valence-corrected chi connectivity index (χ1v) is 5.44. The number of hydrogen-bond acceptors (Lipinski definition) is 3. The molecule has 1 unspecified atom stereocenters. The summed E-state index contributed by atoms with van der Waals surface area (Å²) in [6.45, 7) is 0. The molecule has 0 bridgehead atoms. The Morgan fingerprint density at radius 3 is 2.57 bits per heavy atom. The van der Waals surface area contributed by atoms with Crippen LogP contribution in [0.15, 0.2) is 29.2 Å². The zero-order valence-corrected chi connectivity index (χ0v) is 8.42. The highest BCUT2D eigenvalue weighted by molar-refractivity contribution is 7.85. The van der Waals surface area contributed by atoms with Crippen molar-refractivity contribution in [3.8, 4) is 0 Å². The van der Waals surface area contributed by atoms with E-state index in [2.05, 4.69) is 0 Å². The molecule has 1 aromatic carbocycles. The van der Waals surface area contributed by atoms with Crippen molar-refractivity contribution in [3.63, 3.8) is 0 Å². The van der Waals surface area contributed by atoms with Crippen molar-refractivity contribution in [1.82, 2.24) is 0 Å². The molecule has 0 heterocycles. The van der Waals surface area contributed by atoms with E-state index in [9.17, 15) is 9.00 Å². The van der Waals surface area contributed by atoms with E-state index in [1.165, 1.54) is 0 Å². The molecule has 1 atom stereocenters. The van der Waals surface area contributed by atoms with Crippen LogP contribution in [0, 0.1) is 0 Å². The van der Waals surface area contributed by atoms with E-state index in [0.717, 1.165) is 0 Å². The molecule has 0 radical (unpaired) electrons. The number of nitrogens with two attached hydrogens (primary N) is 2. The standard InChI is InChI=1S/C9H12N2O2S/c10-7-3-1-2-4-8(7)14(13)6-5-9(11)12/h1-4H,5-6,10H2,(H2,11,12). The second-order valence-corrected chi connectivity index (χ2v) is 4.34. The zero-order valence-electron chi connectivity index (χ0n) is 7.60. The van der Waals surface area contributed by atoms with Gasteiger partial charge in [-0.3, -0.25) is 9.00 Å². The number of primary amides is 1. The summed E-state index contributed by atoms with van der Waals surface area (Å²) in [5, 5.41) is 0. The van der Waals surface area contributed by atoms with Crippen molar-refractivity contribution in [3.05, 3.63) is 24.3 Å². The number of amides is 1. The summed E-state index contributed by atoms with van der Waals surface area (Å²) in [5.41, 5.74) is 11.1. The highest BCUT2D eigenvalue weighted by atomic mass is 32.2. The summed E-state index contributed by atoms with van der Waals surface area (Å²) in [5.74, 6) is -0.225. The topological polar surface area (TPSA) is 86.2 Å². The highest BCUT2D eigenvalue weighted by Gasteiger charge is 2.07. The van der Waals surface area contributed by atoms with Gasteiger partial charge in [0.15, 0.2) is 0 Å². The Morgan fingerprint density at radius 1 is 1.36 bits per heavy atom. The molecule has 1 rings (SSSR count). The molecule has 0 spiro atoms. The minimum absolute atomic E-state index is 0.112. The molecule has 0 aromatic heterocycles. The van der Waals surface area contributed by atoms with Crippen molar-refractivity contribution in [2.45, 2.75) is 11.3 Å². The Balaban J connectivity index is 2.70. The van der Waals surface area contributed by atoms with Crippen LogP contribution < -0.4 is 11.5 Å². The van der Waals surface area contributed by atoms with Crippen LogP contribution in [0.5, 0.6) is 0 Å². The summed E-state index contributed by atoms with van der Waals surface area (Å²) < 4.78 is 11.6. The summed E-state index contributed by atoms with van der Waals surface area (Å²) in [6, 6.07) is 6.89. The van der Waals surface area contributed by atoms with Gasteiger partial charge in [-0.2, -0.15) is 0 Å². The number of carbonyl (C=O) groups excluding carboxylic acids is 1. The third-order valence-electron chi connectivity index (χ3n) is 1.70. The van der Waals surface area contributed by atoms with Gasteiger partial charge in [0.05, 0.1) is 15.7 Å². The fraction of sp³-hybridized carbons (Fsp3) is 0.222. The summed E-state index contributed by atoms with van der Waals surface area (Å²) in [6.07, 6.45) is 0.112. The highest BCUT2D eigenvalue weighted by Crippen LogP contribution is 2.15. The Hall–Kier alpha value is -1.36. The predicted molar refractivity (Wildman–Crippen MR) is 55.9 cm³/mol. The molecule has 0 saturated heterocycles. The minimum atomic E-state index is -1.24. The molecule has 0 saturated carbocycles. The second kappa shape index (κ2) is 4.76. The molecule has 0 aliphatic carbocycles. The van der Waals surface area contributed by atoms with Crippen molar-refractivity contribution >= 4 is 22.4 Å². The minimum Gasteiger partial charge on any atom is -0.398 e. The molecule has 14 heavy (non-hydrogen) atoms. The van der Waals surface area contributed by atoms with Gasteiger partial charge in [-0.25, -0.2) is 0 Å². The van der Waals surface area contributed by atoms with Gasteiger partial charge in [0, 0.05) is 17.9 Å². The predicted octanol–water partition coefficient (Wildman–Crippen LogP) is 0.252. The van der Waals surface area contributed by atoms with Crippen LogP contribution in [0.1, 0.15) is 6.42 Å². The van der Waals surface area contributed by atoms with Gasteiger partial charge in [-0.1, -0.05) is 12.1 Å². The Kier molecular flexibility index (Phi) is 3.64. The van der Waals surface area contributed by atoms with Crippen LogP contribution in [-0.2, 0) is 15.6 Å². The first kappa shape index (κ1) is 10.7. The van der Waals surface area contributed by atoms with E-state index >= 15 is 0 Å². The normalized spacial score (nSPS) is 12.3. The van der Waals surface area contributed by atoms with Gasteiger partial charge in [0.1, 0.15) is 0 Å². The lowest BCUT2D eigenvalue weighted by atomic mass is 10.3. The van der Waals surface area contributed by atoms with Crippen LogP contribution in [0.25, 0.3) is 0 Å². The van der Waals surface area contributed by atoms with E-state index in [1.807, 2.05) is 0 Å². The maximum Gasteiger partial charge on any atom is 0.218 e. The van der Waals surface area contributed by atoms with E-state index in [1.54, 1.807) is 24.3 Å². The average Bonchev–Trinajstić information content (AvgIpc) is 2.15. The van der Waals surface area contributed by atoms with Crippen molar-refractivity contribution < 1.29 is 9.00 Å². The number of rotatable bonds is 4. The molecular formula is C9H12N2O2S. The third kappa shape index (κ3) is 2.85. The Morgan fingerprint density at radius 2 is 2.00 bits per heavy atom. The summed E-state index contributed by atoms with van der Waals surface area (Å²) >= 11 is 0. The fourth-order valence-electron chi connectivity index (χ4n) is 0.991. The number of hydrogen-bond donors (Lipinski definition) is 2. The zero-order chi connectivity index (χ0) is 10.6. The molecule has 1 amide bonds. The quantitative estimate of drug-likeness (QED) is 0.701. The first-order chi connectivity index (χ1) is 6.61. The average molecular weight is 212 g/mol. The molecule has 5 heteroatoms. The van der Waals surface area contributed by atoms with Gasteiger partial charge >= 0.3 is 0 Å². The lowest BCUT2D eigenvalue weighted by molar-refractivity contribution is -0.117. The molecule has 4 N–H and O–H groups in total. The number of benzene rings is 1. The lowest BCUT2D eigenvalue weighted by Gasteiger charge is -2.03. The van der Waals surface area contributed by atoms with E-state index < -0.39 is 16.7 Å². The van der Waals surface area contributed by atoms with Gasteiger partial charge < -0.3 is 11.5 Å². The molecule has 76 valence electrons. The number of para-hydroxylation sites is 1. The van der Waals surface area contributed by atoms with Gasteiger partial charge in [0.25, 0.3) is 0 Å². The molecular weight excluding hydrogens is 200 g/mol. The maximum atomic E-state index is 11.6. The summed E-state index contributed by atoms with van der Waals surface area (Å²) in [4.78, 5) is 11.0. The largest absolute Gasteiger partial charge is 0.398 e.